The van der Waals surface area contributed by atoms with Crippen LogP contribution >= 0.6 is 0 Å². The van der Waals surface area contributed by atoms with Crippen LogP contribution in [0.3, 0.4) is 0 Å². The molecule has 31 heavy (non-hydrogen) atoms. The second-order valence-electron chi connectivity index (χ2n) is 7.01. The van der Waals surface area contributed by atoms with Crippen molar-refractivity contribution in [2.24, 2.45) is 0 Å². The number of ether oxygens (including phenoxy) is 1. The van der Waals surface area contributed by atoms with E-state index in [9.17, 15) is 26.0 Å². The molecule has 0 bridgehead atoms. The van der Waals surface area contributed by atoms with Crippen LogP contribution in [0.5, 0.6) is 5.75 Å². The van der Waals surface area contributed by atoms with E-state index in [1.807, 2.05) is 0 Å². The number of benzene rings is 1. The minimum Gasteiger partial charge on any atom is -0.496 e. The van der Waals surface area contributed by atoms with E-state index in [1.54, 1.807) is 0 Å². The van der Waals surface area contributed by atoms with Gasteiger partial charge in [0.2, 0.25) is 5.95 Å². The molecule has 1 aliphatic rings. The fraction of sp³-hybridized carbons (Fsp3) is 0.444. The van der Waals surface area contributed by atoms with Gasteiger partial charge in [0, 0.05) is 42.9 Å². The van der Waals surface area contributed by atoms with Crippen molar-refractivity contribution in [1.29, 1.82) is 0 Å². The van der Waals surface area contributed by atoms with Crippen molar-refractivity contribution in [2.45, 2.75) is 30.8 Å². The Morgan fingerprint density at radius 3 is 2.52 bits per heavy atom. The van der Waals surface area contributed by atoms with E-state index < -0.39 is 21.3 Å². The molecule has 0 spiro atoms. The zero-order valence-corrected chi connectivity index (χ0v) is 17.3. The van der Waals surface area contributed by atoms with Gasteiger partial charge in [-0.1, -0.05) is 0 Å². The lowest BCUT2D eigenvalue weighted by molar-refractivity contribution is -0.0494. The van der Waals surface area contributed by atoms with Gasteiger partial charge < -0.3 is 15.8 Å². The molecule has 1 aromatic carbocycles. The second kappa shape index (κ2) is 8.83. The molecule has 0 saturated carbocycles. The Balaban J connectivity index is 1.64. The van der Waals surface area contributed by atoms with E-state index in [0.29, 0.717) is 21.2 Å². The summed E-state index contributed by atoms with van der Waals surface area (Å²) >= 11 is 0. The minimum atomic E-state index is -5.33. The van der Waals surface area contributed by atoms with Crippen molar-refractivity contribution in [3.8, 4) is 5.75 Å². The van der Waals surface area contributed by atoms with Gasteiger partial charge in [-0.15, -0.1) is 0 Å². The monoisotopic (exact) mass is 463 g/mol. The minimum absolute atomic E-state index is 0.154. The summed E-state index contributed by atoms with van der Waals surface area (Å²) in [5.41, 5.74) is 1.79. The SMILES string of the molecule is COc1ccc(F)cc1Cc1cnc(NC2CCN(S(=O)(=O)C(F)(F)F)CC2)nc1N. The quantitative estimate of drug-likeness (QED) is 0.634. The first-order valence-electron chi connectivity index (χ1n) is 9.28. The summed E-state index contributed by atoms with van der Waals surface area (Å²) in [7, 11) is -3.86. The molecule has 3 rings (SSSR count). The number of methoxy groups -OCH3 is 1. The summed E-state index contributed by atoms with van der Waals surface area (Å²) in [5.74, 6) is 0.390. The molecule has 0 unspecified atom stereocenters. The smallest absolute Gasteiger partial charge is 0.496 e. The molecule has 3 N–H and O–H groups in total. The van der Waals surface area contributed by atoms with Crippen LogP contribution in [0.25, 0.3) is 0 Å². The summed E-state index contributed by atoms with van der Waals surface area (Å²) in [4.78, 5) is 8.32. The standard InChI is InChI=1S/C18H21F4N5O3S/c1-30-15-3-2-13(19)9-11(15)8-12-10-24-17(26-16(12)23)25-14-4-6-27(7-5-14)31(28,29)18(20,21)22/h2-3,9-10,14H,4-8H2,1H3,(H3,23,24,25,26). The largest absolute Gasteiger partial charge is 0.511 e. The highest BCUT2D eigenvalue weighted by atomic mass is 32.2. The van der Waals surface area contributed by atoms with Crippen LogP contribution in [-0.2, 0) is 16.4 Å². The molecule has 1 fully saturated rings. The van der Waals surface area contributed by atoms with Crippen molar-refractivity contribution in [3.05, 3.63) is 41.3 Å². The molecule has 1 aromatic heterocycles. The molecule has 0 atom stereocenters. The summed E-state index contributed by atoms with van der Waals surface area (Å²) in [5, 5.41) is 2.97. The predicted molar refractivity (Wildman–Crippen MR) is 105 cm³/mol. The summed E-state index contributed by atoms with van der Waals surface area (Å²) < 4.78 is 80.1. The molecule has 8 nitrogen and oxygen atoms in total. The van der Waals surface area contributed by atoms with Crippen LogP contribution in [-0.4, -0.2) is 54.4 Å². The molecule has 2 aromatic rings. The number of hydrogen-bond donors (Lipinski definition) is 2. The van der Waals surface area contributed by atoms with Gasteiger partial charge in [-0.2, -0.15) is 22.5 Å². The van der Waals surface area contributed by atoms with Crippen molar-refractivity contribution in [3.63, 3.8) is 0 Å². The molecule has 170 valence electrons. The van der Waals surface area contributed by atoms with Gasteiger partial charge in [-0.3, -0.25) is 0 Å². The van der Waals surface area contributed by atoms with Crippen molar-refractivity contribution < 1.29 is 30.7 Å². The van der Waals surface area contributed by atoms with Gasteiger partial charge in [0.25, 0.3) is 0 Å². The Labute approximate surface area is 176 Å². The molecule has 2 heterocycles. The van der Waals surface area contributed by atoms with Gasteiger partial charge in [-0.25, -0.2) is 17.8 Å². The summed E-state index contributed by atoms with van der Waals surface area (Å²) in [6.07, 6.45) is 2.01. The predicted octanol–water partition coefficient (Wildman–Crippen LogP) is 2.52. The highest BCUT2D eigenvalue weighted by molar-refractivity contribution is 7.90. The number of rotatable bonds is 6. The average molecular weight is 463 g/mol. The van der Waals surface area contributed by atoms with E-state index >= 15 is 0 Å². The zero-order valence-electron chi connectivity index (χ0n) is 16.5. The van der Waals surface area contributed by atoms with Gasteiger partial charge in [0.05, 0.1) is 7.11 Å². The Morgan fingerprint density at radius 2 is 1.94 bits per heavy atom. The summed E-state index contributed by atoms with van der Waals surface area (Å²) in [6, 6.07) is 3.80. The number of alkyl halides is 3. The van der Waals surface area contributed by atoms with Crippen molar-refractivity contribution in [2.75, 3.05) is 31.2 Å². The lowest BCUT2D eigenvalue weighted by atomic mass is 10.1. The Hall–Kier alpha value is -2.67. The van der Waals surface area contributed by atoms with Gasteiger partial charge >= 0.3 is 15.5 Å². The molecule has 1 aliphatic heterocycles. The molecule has 0 aliphatic carbocycles. The number of aromatic nitrogens is 2. The Morgan fingerprint density at radius 1 is 1.26 bits per heavy atom. The highest BCUT2D eigenvalue weighted by Gasteiger charge is 2.50. The highest BCUT2D eigenvalue weighted by Crippen LogP contribution is 2.29. The summed E-state index contributed by atoms with van der Waals surface area (Å²) in [6.45, 7) is -0.543. The number of halogens is 4. The maximum atomic E-state index is 13.5. The maximum Gasteiger partial charge on any atom is 0.511 e. The normalized spacial score (nSPS) is 16.3. The van der Waals surface area contributed by atoms with Crippen molar-refractivity contribution >= 4 is 21.8 Å². The van der Waals surface area contributed by atoms with E-state index in [2.05, 4.69) is 15.3 Å². The number of nitrogen functional groups attached to an aromatic ring is 1. The first-order chi connectivity index (χ1) is 14.5. The molecular formula is C18H21F4N5O3S. The lowest BCUT2D eigenvalue weighted by Gasteiger charge is -2.31. The van der Waals surface area contributed by atoms with Crippen LogP contribution in [0.1, 0.15) is 24.0 Å². The van der Waals surface area contributed by atoms with Crippen LogP contribution in [0.15, 0.2) is 24.4 Å². The van der Waals surface area contributed by atoms with Crippen molar-refractivity contribution in [1.82, 2.24) is 14.3 Å². The lowest BCUT2D eigenvalue weighted by Crippen LogP contribution is -2.47. The maximum absolute atomic E-state index is 13.5. The molecule has 0 radical (unpaired) electrons. The third-order valence-electron chi connectivity index (χ3n) is 4.94. The number of nitrogens with one attached hydrogen (secondary N) is 1. The van der Waals surface area contributed by atoms with E-state index in [1.165, 1.54) is 31.5 Å². The molecular weight excluding hydrogens is 442 g/mol. The average Bonchev–Trinajstić information content (AvgIpc) is 2.70. The topological polar surface area (TPSA) is 110 Å². The molecule has 13 heteroatoms. The molecule has 1 saturated heterocycles. The van der Waals surface area contributed by atoms with E-state index in [-0.39, 0.29) is 50.2 Å². The number of nitrogens with two attached hydrogens (primary N) is 1. The third kappa shape index (κ3) is 5.15. The van der Waals surface area contributed by atoms with Gasteiger partial charge in [0.15, 0.2) is 0 Å². The number of piperidine rings is 1. The zero-order chi connectivity index (χ0) is 22.8. The first-order valence-corrected chi connectivity index (χ1v) is 10.7. The number of anilines is 2. The third-order valence-corrected chi connectivity index (χ3v) is 6.57. The number of sulfonamides is 1. The van der Waals surface area contributed by atoms with E-state index in [4.69, 9.17) is 10.5 Å². The van der Waals surface area contributed by atoms with Gasteiger partial charge in [0.1, 0.15) is 17.4 Å². The van der Waals surface area contributed by atoms with Gasteiger partial charge in [-0.05, 0) is 31.0 Å². The van der Waals surface area contributed by atoms with E-state index in [0.717, 1.165) is 0 Å². The Bertz CT molecular complexity index is 1040. The van der Waals surface area contributed by atoms with Crippen LogP contribution < -0.4 is 15.8 Å². The number of hydrogen-bond acceptors (Lipinski definition) is 7. The fourth-order valence-electron chi connectivity index (χ4n) is 3.29. The first kappa shape index (κ1) is 23.0. The molecule has 0 amide bonds. The van der Waals surface area contributed by atoms with Crippen LogP contribution in [0, 0.1) is 5.82 Å². The Kier molecular flexibility index (Phi) is 6.55. The number of nitrogens with zero attached hydrogens (tertiary/aromatic N) is 3. The van der Waals surface area contributed by atoms with Crippen LogP contribution in [0.4, 0.5) is 29.3 Å². The second-order valence-corrected chi connectivity index (χ2v) is 8.93. The van der Waals surface area contributed by atoms with Crippen LogP contribution in [0.2, 0.25) is 0 Å². The fourth-order valence-corrected chi connectivity index (χ4v) is 4.27.